The Morgan fingerprint density at radius 1 is 1.35 bits per heavy atom. The Morgan fingerprint density at radius 2 is 2.19 bits per heavy atom. The molecule has 26 heavy (non-hydrogen) atoms. The van der Waals surface area contributed by atoms with E-state index in [0.717, 1.165) is 31.6 Å². The highest BCUT2D eigenvalue weighted by Crippen LogP contribution is 2.28. The van der Waals surface area contributed by atoms with Gasteiger partial charge in [0.2, 0.25) is 5.91 Å². The van der Waals surface area contributed by atoms with Crippen LogP contribution >= 0.6 is 0 Å². The van der Waals surface area contributed by atoms with E-state index in [2.05, 4.69) is 16.1 Å². The van der Waals surface area contributed by atoms with E-state index in [4.69, 9.17) is 10.5 Å². The molecule has 2 aromatic rings. The minimum Gasteiger partial charge on any atom is -0.382 e. The summed E-state index contributed by atoms with van der Waals surface area (Å²) in [6, 6.07) is 10.2. The lowest BCUT2D eigenvalue weighted by Gasteiger charge is -2.26. The smallest absolute Gasteiger partial charge is 0.241 e. The van der Waals surface area contributed by atoms with Gasteiger partial charge in [-0.05, 0) is 30.5 Å². The van der Waals surface area contributed by atoms with Crippen molar-refractivity contribution in [2.45, 2.75) is 31.5 Å². The second kappa shape index (κ2) is 7.09. The number of hydrogen-bond donors (Lipinski definition) is 1. The van der Waals surface area contributed by atoms with Crippen LogP contribution in [0.2, 0.25) is 0 Å². The molecule has 0 saturated carbocycles. The molecule has 1 amide bonds. The van der Waals surface area contributed by atoms with Gasteiger partial charge in [0.05, 0.1) is 19.2 Å². The van der Waals surface area contributed by atoms with Crippen molar-refractivity contribution < 1.29 is 9.53 Å². The largest absolute Gasteiger partial charge is 0.382 e. The summed E-state index contributed by atoms with van der Waals surface area (Å²) in [4.78, 5) is 17.1. The van der Waals surface area contributed by atoms with Crippen LogP contribution in [0.3, 0.4) is 0 Å². The summed E-state index contributed by atoms with van der Waals surface area (Å²) in [5.41, 5.74) is 8.02. The highest BCUT2D eigenvalue weighted by molar-refractivity contribution is 5.96. The number of aromatic nitrogens is 2. The number of nitrogens with zero attached hydrogens (tertiary/aromatic N) is 4. The van der Waals surface area contributed by atoms with Crippen LogP contribution in [0.25, 0.3) is 0 Å². The molecule has 7 nitrogen and oxygen atoms in total. The molecule has 2 atom stereocenters. The predicted molar refractivity (Wildman–Crippen MR) is 99.9 cm³/mol. The molecule has 0 radical (unpaired) electrons. The molecule has 0 spiro atoms. The van der Waals surface area contributed by atoms with Crippen molar-refractivity contribution in [3.8, 4) is 0 Å². The molecule has 0 unspecified atom stereocenters. The zero-order chi connectivity index (χ0) is 18.1. The molecule has 3 heterocycles. The van der Waals surface area contributed by atoms with E-state index >= 15 is 0 Å². The van der Waals surface area contributed by atoms with Gasteiger partial charge in [-0.15, -0.1) is 0 Å². The number of ether oxygens (including phenoxy) is 1. The second-order valence-corrected chi connectivity index (χ2v) is 7.06. The van der Waals surface area contributed by atoms with Gasteiger partial charge in [-0.2, -0.15) is 5.10 Å². The van der Waals surface area contributed by atoms with E-state index in [1.807, 2.05) is 34.0 Å². The van der Waals surface area contributed by atoms with Gasteiger partial charge in [-0.1, -0.05) is 18.2 Å². The lowest BCUT2D eigenvalue weighted by Crippen LogP contribution is -2.43. The Kier molecular flexibility index (Phi) is 4.65. The Labute approximate surface area is 153 Å². The first-order valence-corrected chi connectivity index (χ1v) is 9.08. The van der Waals surface area contributed by atoms with Crippen molar-refractivity contribution in [1.29, 1.82) is 0 Å². The SMILES string of the molecule is CO[C@H]1C[C@@H](Cn2ccc(N)n2)N(CC(=O)N2CCc3ccccc32)C1. The Bertz CT molecular complexity index is 790. The monoisotopic (exact) mass is 355 g/mol. The number of benzene rings is 1. The zero-order valence-corrected chi connectivity index (χ0v) is 15.0. The number of para-hydroxylation sites is 1. The van der Waals surface area contributed by atoms with Crippen LogP contribution in [-0.2, 0) is 22.5 Å². The second-order valence-electron chi connectivity index (χ2n) is 7.06. The Morgan fingerprint density at radius 3 is 2.96 bits per heavy atom. The lowest BCUT2D eigenvalue weighted by atomic mass is 10.2. The molecular weight excluding hydrogens is 330 g/mol. The Hall–Kier alpha value is -2.38. The van der Waals surface area contributed by atoms with Crippen molar-refractivity contribution in [1.82, 2.24) is 14.7 Å². The molecule has 1 aromatic carbocycles. The summed E-state index contributed by atoms with van der Waals surface area (Å²) in [6.07, 6.45) is 3.84. The number of likely N-dealkylation sites (tertiary alicyclic amines) is 1. The van der Waals surface area contributed by atoms with Gasteiger partial charge in [0.25, 0.3) is 0 Å². The van der Waals surface area contributed by atoms with Gasteiger partial charge in [0.1, 0.15) is 5.82 Å². The first kappa shape index (κ1) is 17.1. The van der Waals surface area contributed by atoms with E-state index < -0.39 is 0 Å². The number of nitrogen functional groups attached to an aromatic ring is 1. The molecule has 7 heteroatoms. The van der Waals surface area contributed by atoms with Gasteiger partial charge >= 0.3 is 0 Å². The number of carbonyl (C=O) groups excluding carboxylic acids is 1. The molecule has 4 rings (SSSR count). The van der Waals surface area contributed by atoms with Crippen molar-refractivity contribution in [2.75, 3.05) is 37.4 Å². The third-order valence-electron chi connectivity index (χ3n) is 5.41. The van der Waals surface area contributed by atoms with E-state index in [1.54, 1.807) is 13.2 Å². The quantitative estimate of drug-likeness (QED) is 0.870. The number of amides is 1. The minimum absolute atomic E-state index is 0.145. The summed E-state index contributed by atoms with van der Waals surface area (Å²) >= 11 is 0. The van der Waals surface area contributed by atoms with Gasteiger partial charge < -0.3 is 15.4 Å². The molecule has 0 aliphatic carbocycles. The molecule has 138 valence electrons. The zero-order valence-electron chi connectivity index (χ0n) is 15.0. The standard InChI is InChI=1S/C19H25N5O2/c1-26-16-10-15(11-23-8-7-18(20)21-23)22(12-16)13-19(25)24-9-6-14-4-2-3-5-17(14)24/h2-5,7-8,15-16H,6,9-13H2,1H3,(H2,20,21)/t15-,16-/m0/s1. The van der Waals surface area contributed by atoms with Crippen LogP contribution in [0.4, 0.5) is 11.5 Å². The van der Waals surface area contributed by atoms with Gasteiger partial charge in [0.15, 0.2) is 0 Å². The summed E-state index contributed by atoms with van der Waals surface area (Å²) in [6.45, 7) is 2.63. The third-order valence-corrected chi connectivity index (χ3v) is 5.41. The number of rotatable bonds is 5. The van der Waals surface area contributed by atoms with Gasteiger partial charge in [-0.25, -0.2) is 0 Å². The molecule has 1 fully saturated rings. The number of methoxy groups -OCH3 is 1. The number of fused-ring (bicyclic) bond motifs is 1. The van der Waals surface area contributed by atoms with Gasteiger partial charge in [-0.3, -0.25) is 14.4 Å². The van der Waals surface area contributed by atoms with Crippen molar-refractivity contribution in [3.05, 3.63) is 42.1 Å². The van der Waals surface area contributed by atoms with Crippen LogP contribution in [0.15, 0.2) is 36.5 Å². The molecular formula is C19H25N5O2. The van der Waals surface area contributed by atoms with Gasteiger partial charge in [0, 0.05) is 38.1 Å². The van der Waals surface area contributed by atoms with E-state index in [9.17, 15) is 4.79 Å². The molecule has 1 aromatic heterocycles. The molecule has 0 bridgehead atoms. The fraction of sp³-hybridized carbons (Fsp3) is 0.474. The van der Waals surface area contributed by atoms with Crippen LogP contribution in [0.1, 0.15) is 12.0 Å². The molecule has 2 aliphatic heterocycles. The molecule has 1 saturated heterocycles. The molecule has 2 N–H and O–H groups in total. The molecule has 2 aliphatic rings. The number of carbonyl (C=O) groups is 1. The van der Waals surface area contributed by atoms with Crippen molar-refractivity contribution in [3.63, 3.8) is 0 Å². The predicted octanol–water partition coefficient (Wildman–Crippen LogP) is 1.14. The normalized spacial score (nSPS) is 22.7. The number of anilines is 2. The van der Waals surface area contributed by atoms with E-state index in [1.165, 1.54) is 5.56 Å². The highest BCUT2D eigenvalue weighted by Gasteiger charge is 2.35. The fourth-order valence-electron chi connectivity index (χ4n) is 4.04. The minimum atomic E-state index is 0.145. The van der Waals surface area contributed by atoms with Crippen LogP contribution < -0.4 is 10.6 Å². The summed E-state index contributed by atoms with van der Waals surface area (Å²) < 4.78 is 7.40. The van der Waals surface area contributed by atoms with Crippen molar-refractivity contribution in [2.24, 2.45) is 0 Å². The van der Waals surface area contributed by atoms with E-state index in [-0.39, 0.29) is 18.1 Å². The average Bonchev–Trinajstić information content (AvgIpc) is 3.34. The first-order valence-electron chi connectivity index (χ1n) is 9.08. The highest BCUT2D eigenvalue weighted by atomic mass is 16.5. The Balaban J connectivity index is 1.45. The van der Waals surface area contributed by atoms with E-state index in [0.29, 0.717) is 18.9 Å². The maximum absolute atomic E-state index is 13.0. The average molecular weight is 355 g/mol. The fourth-order valence-corrected chi connectivity index (χ4v) is 4.04. The summed E-state index contributed by atoms with van der Waals surface area (Å²) in [5.74, 6) is 0.666. The maximum atomic E-state index is 13.0. The lowest BCUT2D eigenvalue weighted by molar-refractivity contribution is -0.120. The topological polar surface area (TPSA) is 76.6 Å². The number of nitrogens with two attached hydrogens (primary N) is 1. The number of hydrogen-bond acceptors (Lipinski definition) is 5. The van der Waals surface area contributed by atoms with Crippen LogP contribution in [0.5, 0.6) is 0 Å². The van der Waals surface area contributed by atoms with Crippen LogP contribution in [-0.4, -0.2) is 59.5 Å². The van der Waals surface area contributed by atoms with Crippen molar-refractivity contribution >= 4 is 17.4 Å². The first-order chi connectivity index (χ1) is 12.6. The third kappa shape index (κ3) is 3.32. The summed E-state index contributed by atoms with van der Waals surface area (Å²) in [5, 5.41) is 4.28. The maximum Gasteiger partial charge on any atom is 0.241 e. The van der Waals surface area contributed by atoms with Crippen LogP contribution in [0, 0.1) is 0 Å². The summed E-state index contributed by atoms with van der Waals surface area (Å²) in [7, 11) is 1.73.